The van der Waals surface area contributed by atoms with Crippen LogP contribution in [-0.2, 0) is 5.60 Å². The Morgan fingerprint density at radius 1 is 0.800 bits per heavy atom. The zero-order chi connectivity index (χ0) is 13.4. The number of benzene rings is 2. The zero-order valence-electron chi connectivity index (χ0n) is 11.4. The fourth-order valence-electron chi connectivity index (χ4n) is 5.46. The Balaban J connectivity index is 1.72. The number of hydrogen-bond acceptors (Lipinski definition) is 1. The van der Waals surface area contributed by atoms with Crippen LogP contribution >= 0.6 is 0 Å². The Labute approximate surface area is 119 Å². The zero-order valence-corrected chi connectivity index (χ0v) is 11.4. The second-order valence-corrected chi connectivity index (χ2v) is 6.69. The van der Waals surface area contributed by atoms with E-state index in [9.17, 15) is 5.11 Å². The van der Waals surface area contributed by atoms with Crippen molar-refractivity contribution >= 4 is 0 Å². The van der Waals surface area contributed by atoms with Crippen molar-refractivity contribution in [1.82, 2.24) is 0 Å². The van der Waals surface area contributed by atoms with Crippen LogP contribution in [0.3, 0.4) is 0 Å². The molecule has 2 unspecified atom stereocenters. The van der Waals surface area contributed by atoms with E-state index >= 15 is 0 Å². The molecule has 4 saturated carbocycles. The van der Waals surface area contributed by atoms with Crippen LogP contribution < -0.4 is 0 Å². The molecule has 1 N–H and O–H groups in total. The summed E-state index contributed by atoms with van der Waals surface area (Å²) in [5.74, 6) is 2.31. The van der Waals surface area contributed by atoms with Crippen LogP contribution in [0.25, 0.3) is 0 Å². The van der Waals surface area contributed by atoms with Gasteiger partial charge < -0.3 is 5.11 Å². The van der Waals surface area contributed by atoms with Gasteiger partial charge in [0, 0.05) is 5.41 Å². The summed E-state index contributed by atoms with van der Waals surface area (Å²) in [4.78, 5) is 0. The summed E-state index contributed by atoms with van der Waals surface area (Å²) in [5, 5.41) is 11.8. The SMILES string of the molecule is OC(c1ccccc1)(c1ccccc1)C12C3CCC1C32. The van der Waals surface area contributed by atoms with Gasteiger partial charge in [0.1, 0.15) is 5.60 Å². The summed E-state index contributed by atoms with van der Waals surface area (Å²) < 4.78 is 0. The number of rotatable bonds is 3. The van der Waals surface area contributed by atoms with E-state index in [1.165, 1.54) is 12.8 Å². The third kappa shape index (κ3) is 0.999. The van der Waals surface area contributed by atoms with Crippen molar-refractivity contribution in [1.29, 1.82) is 0 Å². The minimum Gasteiger partial charge on any atom is -0.380 e. The van der Waals surface area contributed by atoms with Gasteiger partial charge in [0.25, 0.3) is 0 Å². The van der Waals surface area contributed by atoms with Crippen LogP contribution in [0.1, 0.15) is 24.0 Å². The first-order valence-corrected chi connectivity index (χ1v) is 7.64. The molecule has 2 bridgehead atoms. The van der Waals surface area contributed by atoms with Crippen molar-refractivity contribution in [2.75, 3.05) is 0 Å². The fraction of sp³-hybridized carbons (Fsp3) is 0.368. The molecular formula is C19H18O. The van der Waals surface area contributed by atoms with E-state index in [0.29, 0.717) is 0 Å². The van der Waals surface area contributed by atoms with Crippen LogP contribution in [0, 0.1) is 23.2 Å². The van der Waals surface area contributed by atoms with Gasteiger partial charge in [-0.25, -0.2) is 0 Å². The van der Waals surface area contributed by atoms with Gasteiger partial charge in [-0.2, -0.15) is 0 Å². The van der Waals surface area contributed by atoms with Gasteiger partial charge >= 0.3 is 0 Å². The summed E-state index contributed by atoms with van der Waals surface area (Å²) >= 11 is 0. The summed E-state index contributed by atoms with van der Waals surface area (Å²) in [6.45, 7) is 0. The summed E-state index contributed by atoms with van der Waals surface area (Å²) in [6.07, 6.45) is 2.63. The van der Waals surface area contributed by atoms with Crippen molar-refractivity contribution in [2.45, 2.75) is 18.4 Å². The third-order valence-electron chi connectivity index (χ3n) is 6.23. The standard InChI is InChI=1S/C19H18O/c20-19(13-7-3-1-4-8-13,14-9-5-2-6-10-14)18-15-11-12-16(18)17(15)18/h1-10,15-17,20H,11-12H2. The number of aliphatic hydroxyl groups is 1. The maximum absolute atomic E-state index is 11.8. The molecule has 6 rings (SSSR count). The Hall–Kier alpha value is -1.60. The molecule has 4 aliphatic carbocycles. The molecule has 0 aliphatic heterocycles. The van der Waals surface area contributed by atoms with Crippen LogP contribution in [0.2, 0.25) is 0 Å². The van der Waals surface area contributed by atoms with Gasteiger partial charge in [-0.05, 0) is 41.7 Å². The predicted octanol–water partition coefficient (Wildman–Crippen LogP) is 3.58. The van der Waals surface area contributed by atoms with Crippen LogP contribution in [0.4, 0.5) is 0 Å². The second-order valence-electron chi connectivity index (χ2n) is 6.69. The lowest BCUT2D eigenvalue weighted by molar-refractivity contribution is 0.0146. The Kier molecular flexibility index (Phi) is 1.86. The maximum Gasteiger partial charge on any atom is 0.121 e. The highest BCUT2D eigenvalue weighted by Crippen LogP contribution is 2.96. The molecule has 0 amide bonds. The topological polar surface area (TPSA) is 20.2 Å². The van der Waals surface area contributed by atoms with Crippen molar-refractivity contribution in [3.05, 3.63) is 71.8 Å². The molecule has 0 radical (unpaired) electrons. The minimum absolute atomic E-state index is 0.162. The normalized spacial score (nSPS) is 36.5. The van der Waals surface area contributed by atoms with Gasteiger partial charge in [-0.15, -0.1) is 0 Å². The van der Waals surface area contributed by atoms with Gasteiger partial charge in [-0.3, -0.25) is 0 Å². The molecule has 4 aliphatic rings. The van der Waals surface area contributed by atoms with E-state index in [4.69, 9.17) is 0 Å². The van der Waals surface area contributed by atoms with Gasteiger partial charge in [-0.1, -0.05) is 60.7 Å². The quantitative estimate of drug-likeness (QED) is 0.896. The van der Waals surface area contributed by atoms with E-state index in [2.05, 4.69) is 24.3 Å². The highest BCUT2D eigenvalue weighted by atomic mass is 16.3. The lowest BCUT2D eigenvalue weighted by Gasteiger charge is -2.34. The predicted molar refractivity (Wildman–Crippen MR) is 78.0 cm³/mol. The highest BCUT2D eigenvalue weighted by molar-refractivity contribution is 5.52. The first-order valence-electron chi connectivity index (χ1n) is 7.64. The fourth-order valence-corrected chi connectivity index (χ4v) is 5.46. The summed E-state index contributed by atoms with van der Waals surface area (Å²) in [7, 11) is 0. The average molecular weight is 262 g/mol. The molecule has 1 nitrogen and oxygen atoms in total. The molecular weight excluding hydrogens is 244 g/mol. The van der Waals surface area contributed by atoms with E-state index in [1.807, 2.05) is 36.4 Å². The average Bonchev–Trinajstić information content (AvgIpc) is 3.23. The Morgan fingerprint density at radius 2 is 1.25 bits per heavy atom. The molecule has 0 saturated heterocycles. The van der Waals surface area contributed by atoms with Crippen molar-refractivity contribution in [2.24, 2.45) is 23.2 Å². The van der Waals surface area contributed by atoms with Crippen LogP contribution in [0.5, 0.6) is 0 Å². The van der Waals surface area contributed by atoms with Crippen molar-refractivity contribution in [3.8, 4) is 0 Å². The molecule has 1 heteroatoms. The Morgan fingerprint density at radius 3 is 1.65 bits per heavy atom. The van der Waals surface area contributed by atoms with E-state index in [-0.39, 0.29) is 5.41 Å². The van der Waals surface area contributed by atoms with E-state index < -0.39 is 5.60 Å². The van der Waals surface area contributed by atoms with E-state index in [0.717, 1.165) is 28.9 Å². The van der Waals surface area contributed by atoms with E-state index in [1.54, 1.807) is 0 Å². The van der Waals surface area contributed by atoms with Gasteiger partial charge in [0.05, 0.1) is 0 Å². The lowest BCUT2D eigenvalue weighted by Crippen LogP contribution is -2.36. The highest BCUT2D eigenvalue weighted by Gasteiger charge is 2.94. The molecule has 100 valence electrons. The summed E-state index contributed by atoms with van der Waals surface area (Å²) in [5.41, 5.74) is 1.52. The molecule has 2 aromatic rings. The first kappa shape index (κ1) is 11.1. The molecule has 0 aromatic heterocycles. The van der Waals surface area contributed by atoms with Gasteiger partial charge in [0.2, 0.25) is 0 Å². The minimum atomic E-state index is -0.786. The molecule has 4 fully saturated rings. The molecule has 0 spiro atoms. The number of hydrogen-bond donors (Lipinski definition) is 1. The Bertz CT molecular complexity index is 600. The van der Waals surface area contributed by atoms with Crippen molar-refractivity contribution in [3.63, 3.8) is 0 Å². The number of fused-ring (bicyclic) bond motifs is 1. The molecule has 2 atom stereocenters. The third-order valence-corrected chi connectivity index (χ3v) is 6.23. The molecule has 20 heavy (non-hydrogen) atoms. The molecule has 2 aromatic carbocycles. The smallest absolute Gasteiger partial charge is 0.121 e. The largest absolute Gasteiger partial charge is 0.380 e. The maximum atomic E-state index is 11.8. The van der Waals surface area contributed by atoms with Crippen LogP contribution in [0.15, 0.2) is 60.7 Å². The summed E-state index contributed by atoms with van der Waals surface area (Å²) in [6, 6.07) is 20.6. The monoisotopic (exact) mass is 262 g/mol. The second kappa shape index (κ2) is 3.35. The van der Waals surface area contributed by atoms with Gasteiger partial charge in [0.15, 0.2) is 0 Å². The lowest BCUT2D eigenvalue weighted by atomic mass is 9.75. The molecule has 0 heterocycles. The van der Waals surface area contributed by atoms with Crippen LogP contribution in [-0.4, -0.2) is 5.11 Å². The first-order chi connectivity index (χ1) is 9.81. The van der Waals surface area contributed by atoms with Crippen molar-refractivity contribution < 1.29 is 5.11 Å².